The van der Waals surface area contributed by atoms with Gasteiger partial charge in [0, 0.05) is 42.7 Å². The maximum Gasteiger partial charge on any atom is 0.234 e. The van der Waals surface area contributed by atoms with Crippen LogP contribution in [0.15, 0.2) is 73.3 Å². The number of phenols is 1. The second-order valence-corrected chi connectivity index (χ2v) is 8.96. The number of nitrogens with zero attached hydrogens (tertiary/aromatic N) is 5. The summed E-state index contributed by atoms with van der Waals surface area (Å²) in [5.74, 6) is 0.398. The smallest absolute Gasteiger partial charge is 0.234 e. The molecule has 3 aromatic heterocycles. The number of amides is 1. The number of hydrogen-bond acceptors (Lipinski definition) is 6. The second-order valence-electron chi connectivity index (χ2n) is 8.96. The summed E-state index contributed by atoms with van der Waals surface area (Å²) in [5.41, 5.74) is 4.40. The minimum Gasteiger partial charge on any atom is -0.508 e. The van der Waals surface area contributed by atoms with Crippen molar-refractivity contribution in [2.24, 2.45) is 0 Å². The van der Waals surface area contributed by atoms with Crippen molar-refractivity contribution in [3.8, 4) is 11.6 Å². The molecule has 0 spiro atoms. The number of aromatic hydroxyl groups is 1. The van der Waals surface area contributed by atoms with Gasteiger partial charge in [-0.2, -0.15) is 5.10 Å². The predicted octanol–water partition coefficient (Wildman–Crippen LogP) is 5.13. The van der Waals surface area contributed by atoms with Gasteiger partial charge < -0.3 is 14.7 Å². The molecular weight excluding hydrogens is 525 g/mol. The number of aromatic nitrogens is 4. The van der Waals surface area contributed by atoms with Crippen molar-refractivity contribution >= 4 is 36.4 Å². The predicted molar refractivity (Wildman–Crippen MR) is 150 cm³/mol. The zero-order valence-electron chi connectivity index (χ0n) is 21.1. The van der Waals surface area contributed by atoms with E-state index in [1.807, 2.05) is 47.3 Å². The molecule has 1 atom stereocenters. The number of carbonyl (C=O) groups excluding carboxylic acids is 1. The van der Waals surface area contributed by atoms with Gasteiger partial charge in [-0.3, -0.25) is 14.5 Å². The van der Waals surface area contributed by atoms with Crippen LogP contribution in [0, 0.1) is 0 Å². The standard InChI is InChI=1S/C28H29N5O3.2ClH/c1-36-27-12-11-22(17-30-27)33(28(35)25-9-4-8-24-23(25)7-5-10-26(24)34)19-20-16-31-32(18-20)15-13-21-6-2-3-14-29-21;;/h2-3,5-7,10-12,14,16-18,25,34H,4,8-9,13,15,19H2,1H3;2*1H. The Hall–Kier alpha value is -3.62. The molecule has 3 heterocycles. The number of halogens is 2. The van der Waals surface area contributed by atoms with Crippen LogP contribution in [0.25, 0.3) is 0 Å². The Balaban J connectivity index is 0.00000200. The molecule has 10 heteroatoms. The van der Waals surface area contributed by atoms with Gasteiger partial charge in [0.25, 0.3) is 0 Å². The average molecular weight is 556 g/mol. The van der Waals surface area contributed by atoms with Crippen LogP contribution in [-0.4, -0.2) is 37.9 Å². The van der Waals surface area contributed by atoms with Gasteiger partial charge in [0.2, 0.25) is 11.8 Å². The molecule has 1 aliphatic rings. The summed E-state index contributed by atoms with van der Waals surface area (Å²) in [6, 6.07) is 14.9. The number of benzene rings is 1. The zero-order chi connectivity index (χ0) is 24.9. The van der Waals surface area contributed by atoms with E-state index in [0.29, 0.717) is 24.7 Å². The molecule has 0 saturated heterocycles. The number of anilines is 1. The lowest BCUT2D eigenvalue weighted by Crippen LogP contribution is -2.36. The third kappa shape index (κ3) is 6.44. The van der Waals surface area contributed by atoms with E-state index >= 15 is 0 Å². The summed E-state index contributed by atoms with van der Waals surface area (Å²) in [7, 11) is 1.57. The van der Waals surface area contributed by atoms with Crippen molar-refractivity contribution in [2.45, 2.75) is 44.7 Å². The molecule has 1 aromatic carbocycles. The molecule has 8 nitrogen and oxygen atoms in total. The summed E-state index contributed by atoms with van der Waals surface area (Å²) in [6.45, 7) is 1.06. The Labute approximate surface area is 234 Å². The summed E-state index contributed by atoms with van der Waals surface area (Å²) >= 11 is 0. The quantitative estimate of drug-likeness (QED) is 0.324. The Morgan fingerprint density at radius 3 is 2.71 bits per heavy atom. The highest BCUT2D eigenvalue weighted by Crippen LogP contribution is 2.38. The number of ether oxygens (including phenoxy) is 1. The molecule has 0 saturated carbocycles. The molecule has 1 amide bonds. The monoisotopic (exact) mass is 555 g/mol. The van der Waals surface area contributed by atoms with Gasteiger partial charge in [0.05, 0.1) is 37.7 Å². The lowest BCUT2D eigenvalue weighted by atomic mass is 9.81. The topological polar surface area (TPSA) is 93.4 Å². The molecule has 38 heavy (non-hydrogen) atoms. The first-order valence-electron chi connectivity index (χ1n) is 12.2. The van der Waals surface area contributed by atoms with Crippen LogP contribution in [0.3, 0.4) is 0 Å². The molecular formula is C28H31Cl2N5O3. The maximum atomic E-state index is 14.0. The van der Waals surface area contributed by atoms with Gasteiger partial charge in [0.1, 0.15) is 5.75 Å². The van der Waals surface area contributed by atoms with Gasteiger partial charge >= 0.3 is 0 Å². The Kier molecular flexibility index (Phi) is 10.1. The van der Waals surface area contributed by atoms with Crippen LogP contribution in [0.2, 0.25) is 0 Å². The van der Waals surface area contributed by atoms with E-state index in [0.717, 1.165) is 48.1 Å². The van der Waals surface area contributed by atoms with Crippen molar-refractivity contribution in [1.29, 1.82) is 0 Å². The first kappa shape index (κ1) is 28.9. The van der Waals surface area contributed by atoms with E-state index < -0.39 is 0 Å². The minimum absolute atomic E-state index is 0. The Morgan fingerprint density at radius 1 is 1.11 bits per heavy atom. The molecule has 1 N–H and O–H groups in total. The third-order valence-corrected chi connectivity index (χ3v) is 6.64. The van der Waals surface area contributed by atoms with Gasteiger partial charge in [-0.05, 0) is 54.7 Å². The number of rotatable bonds is 8. The first-order chi connectivity index (χ1) is 17.6. The summed E-state index contributed by atoms with van der Waals surface area (Å²) in [5, 5.41) is 14.9. The van der Waals surface area contributed by atoms with E-state index in [1.54, 1.807) is 42.7 Å². The van der Waals surface area contributed by atoms with Crippen molar-refractivity contribution in [1.82, 2.24) is 19.7 Å². The highest BCUT2D eigenvalue weighted by atomic mass is 35.5. The summed E-state index contributed by atoms with van der Waals surface area (Å²) < 4.78 is 7.09. The number of pyridine rings is 2. The molecule has 4 aromatic rings. The van der Waals surface area contributed by atoms with Crippen LogP contribution in [0.5, 0.6) is 11.6 Å². The van der Waals surface area contributed by atoms with Gasteiger partial charge in [-0.25, -0.2) is 4.98 Å². The van der Waals surface area contributed by atoms with Crippen molar-refractivity contribution < 1.29 is 14.6 Å². The minimum atomic E-state index is -0.331. The van der Waals surface area contributed by atoms with E-state index in [2.05, 4.69) is 15.1 Å². The van der Waals surface area contributed by atoms with Crippen molar-refractivity contribution in [2.75, 3.05) is 12.0 Å². The fourth-order valence-electron chi connectivity index (χ4n) is 4.79. The molecule has 0 bridgehead atoms. The first-order valence-corrected chi connectivity index (χ1v) is 12.2. The Morgan fingerprint density at radius 2 is 1.97 bits per heavy atom. The SMILES string of the molecule is COc1ccc(N(Cc2cnn(CCc3ccccn3)c2)C(=O)C2CCCc3c(O)cccc32)cn1.Cl.Cl. The Bertz CT molecular complexity index is 1330. The molecule has 200 valence electrons. The van der Waals surface area contributed by atoms with Crippen LogP contribution in [0.1, 0.15) is 41.1 Å². The van der Waals surface area contributed by atoms with Crippen LogP contribution in [0.4, 0.5) is 5.69 Å². The number of fused-ring (bicyclic) bond motifs is 1. The average Bonchev–Trinajstić information content (AvgIpc) is 3.38. The summed E-state index contributed by atoms with van der Waals surface area (Å²) in [4.78, 5) is 24.5. The zero-order valence-corrected chi connectivity index (χ0v) is 22.7. The van der Waals surface area contributed by atoms with Crippen LogP contribution < -0.4 is 9.64 Å². The van der Waals surface area contributed by atoms with E-state index in [4.69, 9.17) is 4.74 Å². The molecule has 5 rings (SSSR count). The van der Waals surface area contributed by atoms with Crippen LogP contribution in [-0.2, 0) is 30.7 Å². The number of carbonyl (C=O) groups is 1. The van der Waals surface area contributed by atoms with Crippen molar-refractivity contribution in [3.05, 3.63) is 95.7 Å². The van der Waals surface area contributed by atoms with E-state index in [9.17, 15) is 9.90 Å². The lowest BCUT2D eigenvalue weighted by molar-refractivity contribution is -0.120. The normalized spacial score (nSPS) is 14.0. The van der Waals surface area contributed by atoms with Crippen molar-refractivity contribution in [3.63, 3.8) is 0 Å². The lowest BCUT2D eigenvalue weighted by Gasteiger charge is -2.31. The highest BCUT2D eigenvalue weighted by Gasteiger charge is 2.32. The van der Waals surface area contributed by atoms with Crippen LogP contribution >= 0.6 is 24.8 Å². The fourth-order valence-corrected chi connectivity index (χ4v) is 4.79. The molecule has 1 aliphatic carbocycles. The van der Waals surface area contributed by atoms with Gasteiger partial charge in [-0.15, -0.1) is 24.8 Å². The second kappa shape index (κ2) is 13.3. The van der Waals surface area contributed by atoms with Gasteiger partial charge in [-0.1, -0.05) is 18.2 Å². The van der Waals surface area contributed by atoms with Gasteiger partial charge in [0.15, 0.2) is 0 Å². The highest BCUT2D eigenvalue weighted by molar-refractivity contribution is 5.98. The fraction of sp³-hybridized carbons (Fsp3) is 0.286. The van der Waals surface area contributed by atoms with E-state index in [-0.39, 0.29) is 42.4 Å². The van der Waals surface area contributed by atoms with E-state index in [1.165, 1.54) is 0 Å². The molecule has 0 radical (unpaired) electrons. The summed E-state index contributed by atoms with van der Waals surface area (Å²) in [6.07, 6.45) is 10.4. The molecule has 0 fully saturated rings. The number of hydrogen-bond donors (Lipinski definition) is 1. The number of aryl methyl sites for hydroxylation is 2. The molecule has 0 aliphatic heterocycles. The third-order valence-electron chi connectivity index (χ3n) is 6.64. The maximum absolute atomic E-state index is 14.0. The largest absolute Gasteiger partial charge is 0.508 e. The number of phenolic OH excluding ortho intramolecular Hbond substituents is 1. The number of methoxy groups -OCH3 is 1. The molecule has 1 unspecified atom stereocenters.